The third kappa shape index (κ3) is 4.41. The topological polar surface area (TPSA) is 102 Å². The van der Waals surface area contributed by atoms with Crippen LogP contribution in [0.3, 0.4) is 0 Å². The number of esters is 2. The number of methoxy groups -OCH3 is 2. The molecule has 4 atom stereocenters. The van der Waals surface area contributed by atoms with Crippen LogP contribution < -0.4 is 0 Å². The summed E-state index contributed by atoms with van der Waals surface area (Å²) >= 11 is 0. The molecule has 0 aliphatic carbocycles. The van der Waals surface area contributed by atoms with E-state index in [1.165, 1.54) is 14.2 Å². The number of ketones is 1. The highest BCUT2D eigenvalue weighted by atomic mass is 16.5. The quantitative estimate of drug-likeness (QED) is 0.343. The molecular weight excluding hydrogens is 484 g/mol. The van der Waals surface area contributed by atoms with Crippen molar-refractivity contribution in [2.75, 3.05) is 40.4 Å². The van der Waals surface area contributed by atoms with Gasteiger partial charge in [-0.1, -0.05) is 38.8 Å². The molecule has 38 heavy (non-hydrogen) atoms. The van der Waals surface area contributed by atoms with Crippen LogP contribution in [0.1, 0.15) is 63.0 Å². The lowest BCUT2D eigenvalue weighted by Crippen LogP contribution is -2.76. The SMILES string of the molecule is CCCCN1CC2(C(=O)OC)C(=O)C(C(=O)OC)(C1)C(c1ccccn1)N(CCCC)C2c1ccccn1. The first-order valence-electron chi connectivity index (χ1n) is 13.4. The summed E-state index contributed by atoms with van der Waals surface area (Å²) < 4.78 is 10.8. The smallest absolute Gasteiger partial charge is 0.322 e. The average molecular weight is 523 g/mol. The number of ether oxygens (including phenoxy) is 2. The van der Waals surface area contributed by atoms with Crippen LogP contribution in [0.4, 0.5) is 0 Å². The highest BCUT2D eigenvalue weighted by molar-refractivity contribution is 6.17. The molecule has 4 unspecified atom stereocenters. The molecule has 2 saturated heterocycles. The number of carbonyl (C=O) groups is 3. The molecule has 2 fully saturated rings. The maximum atomic E-state index is 14.9. The van der Waals surface area contributed by atoms with Gasteiger partial charge in [-0.3, -0.25) is 34.2 Å². The number of pyridine rings is 2. The minimum absolute atomic E-state index is 0.135. The fourth-order valence-corrected chi connectivity index (χ4v) is 6.40. The van der Waals surface area contributed by atoms with Gasteiger partial charge in [-0.05, 0) is 50.2 Å². The maximum absolute atomic E-state index is 14.9. The number of Topliss-reactive ketones (excluding diaryl/α,β-unsaturated/α-hetero) is 1. The Morgan fingerprint density at radius 2 is 1.32 bits per heavy atom. The molecule has 0 amide bonds. The zero-order chi connectivity index (χ0) is 27.3. The van der Waals surface area contributed by atoms with Gasteiger partial charge in [0.05, 0.1) is 37.7 Å². The van der Waals surface area contributed by atoms with Gasteiger partial charge in [-0.15, -0.1) is 0 Å². The van der Waals surface area contributed by atoms with Crippen molar-refractivity contribution in [2.45, 2.75) is 51.6 Å². The Balaban J connectivity index is 2.09. The molecule has 9 heteroatoms. The lowest BCUT2D eigenvalue weighted by Gasteiger charge is -2.61. The van der Waals surface area contributed by atoms with E-state index in [9.17, 15) is 14.4 Å². The molecule has 4 rings (SSSR count). The molecule has 0 saturated carbocycles. The van der Waals surface area contributed by atoms with Gasteiger partial charge >= 0.3 is 11.9 Å². The molecule has 4 heterocycles. The molecule has 9 nitrogen and oxygen atoms in total. The summed E-state index contributed by atoms with van der Waals surface area (Å²) in [5.74, 6) is -1.79. The van der Waals surface area contributed by atoms with Crippen LogP contribution in [0.2, 0.25) is 0 Å². The van der Waals surface area contributed by atoms with Crippen molar-refractivity contribution in [3.05, 3.63) is 60.2 Å². The largest absolute Gasteiger partial charge is 0.468 e. The molecular formula is C29H38N4O5. The van der Waals surface area contributed by atoms with Crippen LogP contribution in [0.25, 0.3) is 0 Å². The van der Waals surface area contributed by atoms with Crippen LogP contribution >= 0.6 is 0 Å². The van der Waals surface area contributed by atoms with Gasteiger partial charge in [0.2, 0.25) is 0 Å². The number of likely N-dealkylation sites (tertiary alicyclic amines) is 2. The van der Waals surface area contributed by atoms with Gasteiger partial charge in [0.25, 0.3) is 0 Å². The number of nitrogens with zero attached hydrogens (tertiary/aromatic N) is 4. The summed E-state index contributed by atoms with van der Waals surface area (Å²) in [5.41, 5.74) is -2.19. The maximum Gasteiger partial charge on any atom is 0.322 e. The summed E-state index contributed by atoms with van der Waals surface area (Å²) in [5, 5.41) is 0. The van der Waals surface area contributed by atoms with E-state index in [-0.39, 0.29) is 13.1 Å². The van der Waals surface area contributed by atoms with Gasteiger partial charge in [-0.25, -0.2) is 0 Å². The number of aromatic nitrogens is 2. The standard InChI is InChI=1S/C29H38N4O5/c1-5-7-17-32-19-28(26(35)37-3)23(21-13-9-11-15-30-21)33(18-8-6-2)24(22-14-10-12-16-31-22)29(20-32,25(28)34)27(36)38-4/h9-16,23-24H,5-8,17-20H2,1-4H3. The van der Waals surface area contributed by atoms with Crippen LogP contribution in [-0.2, 0) is 23.9 Å². The number of rotatable bonds is 10. The monoisotopic (exact) mass is 522 g/mol. The van der Waals surface area contributed by atoms with Gasteiger partial charge in [0, 0.05) is 25.5 Å². The van der Waals surface area contributed by atoms with Crippen molar-refractivity contribution >= 4 is 17.7 Å². The molecule has 2 bridgehead atoms. The summed E-state index contributed by atoms with van der Waals surface area (Å²) in [6.45, 7) is 5.59. The van der Waals surface area contributed by atoms with Crippen molar-refractivity contribution in [3.63, 3.8) is 0 Å². The first kappa shape index (κ1) is 27.9. The summed E-state index contributed by atoms with van der Waals surface area (Å²) in [4.78, 5) is 56.3. The minimum atomic E-state index is -1.68. The zero-order valence-electron chi connectivity index (χ0n) is 22.8. The van der Waals surface area contributed by atoms with E-state index >= 15 is 0 Å². The molecule has 0 spiro atoms. The van der Waals surface area contributed by atoms with Crippen LogP contribution in [0.5, 0.6) is 0 Å². The van der Waals surface area contributed by atoms with Crippen molar-refractivity contribution in [1.29, 1.82) is 0 Å². The minimum Gasteiger partial charge on any atom is -0.468 e. The second-order valence-corrected chi connectivity index (χ2v) is 10.2. The second-order valence-electron chi connectivity index (χ2n) is 10.2. The van der Waals surface area contributed by atoms with Crippen LogP contribution in [0, 0.1) is 10.8 Å². The van der Waals surface area contributed by atoms with E-state index in [2.05, 4.69) is 33.6 Å². The van der Waals surface area contributed by atoms with E-state index in [4.69, 9.17) is 9.47 Å². The van der Waals surface area contributed by atoms with Crippen LogP contribution in [-0.4, -0.2) is 77.9 Å². The predicted molar refractivity (Wildman–Crippen MR) is 141 cm³/mol. The van der Waals surface area contributed by atoms with Gasteiger partial charge in [0.15, 0.2) is 16.6 Å². The Bertz CT molecular complexity index is 1050. The van der Waals surface area contributed by atoms with Crippen molar-refractivity contribution < 1.29 is 23.9 Å². The Kier molecular flexibility index (Phi) is 8.57. The first-order chi connectivity index (χ1) is 18.4. The Labute approximate surface area is 224 Å². The van der Waals surface area contributed by atoms with E-state index in [1.54, 1.807) is 24.5 Å². The number of fused-ring (bicyclic) bond motifs is 2. The molecule has 0 aromatic carbocycles. The Hall–Kier alpha value is -3.17. The third-order valence-corrected chi connectivity index (χ3v) is 7.99. The highest BCUT2D eigenvalue weighted by Gasteiger charge is 2.75. The molecule has 2 aliphatic rings. The molecule has 0 radical (unpaired) electrons. The number of hydrogen-bond donors (Lipinski definition) is 0. The molecule has 2 aliphatic heterocycles. The Morgan fingerprint density at radius 3 is 1.71 bits per heavy atom. The summed E-state index contributed by atoms with van der Waals surface area (Å²) in [6, 6.07) is 9.48. The molecule has 204 valence electrons. The predicted octanol–water partition coefficient (Wildman–Crippen LogP) is 3.38. The van der Waals surface area contributed by atoms with Gasteiger partial charge in [0.1, 0.15) is 0 Å². The third-order valence-electron chi connectivity index (χ3n) is 7.99. The number of carbonyl (C=O) groups excluding carboxylic acids is 3. The summed E-state index contributed by atoms with van der Waals surface area (Å²) in [6.07, 6.45) is 6.78. The summed E-state index contributed by atoms with van der Waals surface area (Å²) in [7, 11) is 2.59. The first-order valence-corrected chi connectivity index (χ1v) is 13.4. The van der Waals surface area contributed by atoms with Crippen molar-refractivity contribution in [2.24, 2.45) is 10.8 Å². The number of hydrogen-bond acceptors (Lipinski definition) is 9. The van der Waals surface area contributed by atoms with E-state index in [0.717, 1.165) is 25.7 Å². The molecule has 2 aromatic heterocycles. The van der Waals surface area contributed by atoms with Crippen LogP contribution in [0.15, 0.2) is 48.8 Å². The van der Waals surface area contributed by atoms with Gasteiger partial charge < -0.3 is 9.47 Å². The van der Waals surface area contributed by atoms with E-state index in [1.807, 2.05) is 24.3 Å². The van der Waals surface area contributed by atoms with Gasteiger partial charge in [-0.2, -0.15) is 0 Å². The fourth-order valence-electron chi connectivity index (χ4n) is 6.40. The lowest BCUT2D eigenvalue weighted by molar-refractivity contribution is -0.206. The number of piperidine rings is 2. The normalized spacial score (nSPS) is 27.6. The fraction of sp³-hybridized carbons (Fsp3) is 0.552. The second kappa shape index (κ2) is 11.7. The number of unbranched alkanes of at least 4 members (excludes halogenated alkanes) is 2. The highest BCUT2D eigenvalue weighted by Crippen LogP contribution is 2.60. The van der Waals surface area contributed by atoms with E-state index in [0.29, 0.717) is 24.5 Å². The average Bonchev–Trinajstić information content (AvgIpc) is 2.95. The van der Waals surface area contributed by atoms with Crippen molar-refractivity contribution in [1.82, 2.24) is 19.8 Å². The zero-order valence-corrected chi connectivity index (χ0v) is 22.8. The van der Waals surface area contributed by atoms with E-state index < -0.39 is 40.6 Å². The Morgan fingerprint density at radius 1 is 0.842 bits per heavy atom. The molecule has 2 aromatic rings. The lowest BCUT2D eigenvalue weighted by atomic mass is 9.54. The molecule has 0 N–H and O–H groups in total. The van der Waals surface area contributed by atoms with Crippen molar-refractivity contribution in [3.8, 4) is 0 Å².